The second-order valence-corrected chi connectivity index (χ2v) is 7.65. The molecule has 0 radical (unpaired) electrons. The third-order valence-corrected chi connectivity index (χ3v) is 5.50. The molecule has 3 aromatic rings. The maximum absolute atomic E-state index is 13.3. The van der Waals surface area contributed by atoms with Crippen molar-refractivity contribution in [3.8, 4) is 11.3 Å². The summed E-state index contributed by atoms with van der Waals surface area (Å²) in [6, 6.07) is 11.6. The molecule has 1 atom stereocenters. The molecule has 2 aromatic carbocycles. The minimum atomic E-state index is -0.459. The molecule has 7 heteroatoms. The highest BCUT2D eigenvalue weighted by atomic mass is 32.1. The summed E-state index contributed by atoms with van der Waals surface area (Å²) in [5, 5.41) is 5.02. The predicted octanol–water partition coefficient (Wildman–Crippen LogP) is 4.50. The molecule has 5 nitrogen and oxygen atoms in total. The van der Waals surface area contributed by atoms with Gasteiger partial charge in [0.2, 0.25) is 5.91 Å². The number of hydrogen-bond donors (Lipinski definition) is 1. The van der Waals surface area contributed by atoms with Crippen molar-refractivity contribution < 1.29 is 14.0 Å². The lowest BCUT2D eigenvalue weighted by Crippen LogP contribution is -2.33. The Labute approximate surface area is 165 Å². The predicted molar refractivity (Wildman–Crippen MR) is 108 cm³/mol. The lowest BCUT2D eigenvalue weighted by Gasteiger charge is -2.20. The molecule has 142 valence electrons. The zero-order chi connectivity index (χ0) is 19.8. The first-order chi connectivity index (χ1) is 13.4. The molecule has 0 fully saturated rings. The number of halogens is 1. The zero-order valence-electron chi connectivity index (χ0n) is 15.4. The molecular weight excluding hydrogens is 377 g/mol. The van der Waals surface area contributed by atoms with Crippen molar-refractivity contribution in [2.45, 2.75) is 26.3 Å². The molecule has 0 saturated carbocycles. The molecule has 1 N–H and O–H groups in total. The van der Waals surface area contributed by atoms with Crippen LogP contribution in [0, 0.1) is 5.82 Å². The van der Waals surface area contributed by atoms with Crippen LogP contribution in [0.3, 0.4) is 0 Å². The highest BCUT2D eigenvalue weighted by Crippen LogP contribution is 2.36. The third-order valence-electron chi connectivity index (χ3n) is 4.74. The Balaban J connectivity index is 1.55. The number of nitrogens with zero attached hydrogens (tertiary/aromatic N) is 2. The summed E-state index contributed by atoms with van der Waals surface area (Å²) in [7, 11) is 0. The van der Waals surface area contributed by atoms with E-state index in [1.54, 1.807) is 13.0 Å². The van der Waals surface area contributed by atoms with Gasteiger partial charge in [0.05, 0.1) is 5.69 Å². The Bertz CT molecular complexity index is 1080. The molecule has 4 rings (SSSR count). The molecular formula is C21H18FN3O2S. The van der Waals surface area contributed by atoms with Gasteiger partial charge >= 0.3 is 0 Å². The molecule has 2 amide bonds. The fraction of sp³-hybridized carbons (Fsp3) is 0.190. The van der Waals surface area contributed by atoms with E-state index in [0.717, 1.165) is 28.9 Å². The van der Waals surface area contributed by atoms with Crippen molar-refractivity contribution in [3.63, 3.8) is 0 Å². The summed E-state index contributed by atoms with van der Waals surface area (Å²) in [6.07, 6.45) is 0.802. The summed E-state index contributed by atoms with van der Waals surface area (Å²) >= 11 is 1.31. The molecule has 0 spiro atoms. The molecule has 1 aliphatic rings. The van der Waals surface area contributed by atoms with Crippen molar-refractivity contribution in [1.29, 1.82) is 0 Å². The van der Waals surface area contributed by atoms with Gasteiger partial charge in [-0.1, -0.05) is 12.1 Å². The van der Waals surface area contributed by atoms with Crippen LogP contribution in [-0.2, 0) is 11.2 Å². The Morgan fingerprint density at radius 1 is 1.25 bits per heavy atom. The van der Waals surface area contributed by atoms with E-state index < -0.39 is 11.7 Å². The van der Waals surface area contributed by atoms with Gasteiger partial charge in [0.15, 0.2) is 5.13 Å². The average Bonchev–Trinajstić information content (AvgIpc) is 3.24. The molecule has 1 aromatic heterocycles. The Morgan fingerprint density at radius 2 is 2.07 bits per heavy atom. The van der Waals surface area contributed by atoms with Crippen LogP contribution in [0.4, 0.5) is 15.2 Å². The molecule has 0 aliphatic carbocycles. The van der Waals surface area contributed by atoms with E-state index >= 15 is 0 Å². The number of aromatic nitrogens is 1. The van der Waals surface area contributed by atoms with E-state index in [1.165, 1.54) is 29.5 Å². The first kappa shape index (κ1) is 18.3. The number of thiazole rings is 1. The smallest absolute Gasteiger partial charge is 0.257 e. The van der Waals surface area contributed by atoms with E-state index in [0.29, 0.717) is 5.13 Å². The average molecular weight is 395 g/mol. The van der Waals surface area contributed by atoms with Crippen LogP contribution in [0.15, 0.2) is 47.8 Å². The van der Waals surface area contributed by atoms with Crippen LogP contribution in [0.5, 0.6) is 0 Å². The van der Waals surface area contributed by atoms with Crippen LogP contribution in [0.25, 0.3) is 11.3 Å². The lowest BCUT2D eigenvalue weighted by molar-refractivity contribution is -0.116. The monoisotopic (exact) mass is 395 g/mol. The Morgan fingerprint density at radius 3 is 2.82 bits per heavy atom. The topological polar surface area (TPSA) is 62.3 Å². The van der Waals surface area contributed by atoms with Gasteiger partial charge in [0.1, 0.15) is 5.82 Å². The molecule has 0 saturated heterocycles. The number of carbonyl (C=O) groups is 2. The zero-order valence-corrected chi connectivity index (χ0v) is 16.2. The number of anilines is 2. The van der Waals surface area contributed by atoms with Gasteiger partial charge in [0.25, 0.3) is 5.91 Å². The number of carbonyl (C=O) groups excluding carboxylic acids is 2. The van der Waals surface area contributed by atoms with Crippen molar-refractivity contribution in [3.05, 3.63) is 64.8 Å². The number of nitrogens with one attached hydrogen (secondary N) is 1. The fourth-order valence-corrected chi connectivity index (χ4v) is 4.25. The van der Waals surface area contributed by atoms with Gasteiger partial charge in [-0.05, 0) is 49.2 Å². The molecule has 0 unspecified atom stereocenters. The number of fused-ring (bicyclic) bond motifs is 1. The van der Waals surface area contributed by atoms with Gasteiger partial charge in [-0.2, -0.15) is 0 Å². The van der Waals surface area contributed by atoms with Crippen molar-refractivity contribution in [2.24, 2.45) is 0 Å². The first-order valence-corrected chi connectivity index (χ1v) is 9.76. The number of rotatable bonds is 3. The second kappa shape index (κ2) is 7.16. The van der Waals surface area contributed by atoms with E-state index in [-0.39, 0.29) is 17.5 Å². The summed E-state index contributed by atoms with van der Waals surface area (Å²) < 4.78 is 13.3. The summed E-state index contributed by atoms with van der Waals surface area (Å²) in [6.45, 7) is 3.61. The van der Waals surface area contributed by atoms with E-state index in [4.69, 9.17) is 0 Å². The van der Waals surface area contributed by atoms with E-state index in [2.05, 4.69) is 10.3 Å². The number of hydrogen-bond acceptors (Lipinski definition) is 4. The summed E-state index contributed by atoms with van der Waals surface area (Å²) in [5.41, 5.74) is 3.97. The normalized spacial score (nSPS) is 15.4. The van der Waals surface area contributed by atoms with E-state index in [1.807, 2.05) is 35.4 Å². The van der Waals surface area contributed by atoms with Crippen LogP contribution in [0.1, 0.15) is 29.8 Å². The minimum absolute atomic E-state index is 0.0370. The molecule has 2 heterocycles. The molecule has 28 heavy (non-hydrogen) atoms. The van der Waals surface area contributed by atoms with Gasteiger partial charge < -0.3 is 4.90 Å². The SMILES string of the molecule is CC(=O)N1c2ccc(-c3csc(NC(=O)c4cccc(F)c4)n3)cc2C[C@@H]1C. The first-order valence-electron chi connectivity index (χ1n) is 8.88. The van der Waals surface area contributed by atoms with Gasteiger partial charge in [-0.15, -0.1) is 11.3 Å². The minimum Gasteiger partial charge on any atom is -0.309 e. The largest absolute Gasteiger partial charge is 0.309 e. The highest BCUT2D eigenvalue weighted by molar-refractivity contribution is 7.14. The van der Waals surface area contributed by atoms with Crippen LogP contribution in [-0.4, -0.2) is 22.8 Å². The highest BCUT2D eigenvalue weighted by Gasteiger charge is 2.29. The maximum Gasteiger partial charge on any atom is 0.257 e. The Hall–Kier alpha value is -3.06. The van der Waals surface area contributed by atoms with Crippen LogP contribution < -0.4 is 10.2 Å². The molecule has 0 bridgehead atoms. The number of amides is 2. The van der Waals surface area contributed by atoms with Crippen LogP contribution >= 0.6 is 11.3 Å². The van der Waals surface area contributed by atoms with Crippen molar-refractivity contribution in [1.82, 2.24) is 4.98 Å². The van der Waals surface area contributed by atoms with Crippen LogP contribution in [0.2, 0.25) is 0 Å². The quantitative estimate of drug-likeness (QED) is 0.710. The summed E-state index contributed by atoms with van der Waals surface area (Å²) in [4.78, 5) is 30.4. The Kier molecular flexibility index (Phi) is 4.68. The number of benzene rings is 2. The third kappa shape index (κ3) is 3.41. The fourth-order valence-electron chi connectivity index (χ4n) is 3.53. The standard InChI is InChI=1S/C21H18FN3O2S/c1-12-8-16-9-14(6-7-19(16)25(12)13(2)26)18-11-28-21(23-18)24-20(27)15-4-3-5-17(22)10-15/h3-7,9-12H,8H2,1-2H3,(H,23,24,27)/t12-/m0/s1. The lowest BCUT2D eigenvalue weighted by atomic mass is 10.1. The van der Waals surface area contributed by atoms with Gasteiger partial charge in [-0.25, -0.2) is 9.37 Å². The van der Waals surface area contributed by atoms with Crippen molar-refractivity contribution in [2.75, 3.05) is 10.2 Å². The maximum atomic E-state index is 13.3. The van der Waals surface area contributed by atoms with Gasteiger partial charge in [-0.3, -0.25) is 14.9 Å². The molecule has 1 aliphatic heterocycles. The van der Waals surface area contributed by atoms with Gasteiger partial charge in [0, 0.05) is 35.2 Å². The summed E-state index contributed by atoms with van der Waals surface area (Å²) in [5.74, 6) is -0.824. The van der Waals surface area contributed by atoms with Crippen molar-refractivity contribution >= 4 is 34.0 Å². The second-order valence-electron chi connectivity index (χ2n) is 6.79. The van der Waals surface area contributed by atoms with E-state index in [9.17, 15) is 14.0 Å².